The fraction of sp³-hybridized carbons (Fsp3) is 0.111. The summed E-state index contributed by atoms with van der Waals surface area (Å²) in [5, 5.41) is 11.3. The summed E-state index contributed by atoms with van der Waals surface area (Å²) >= 11 is 3.24. The first-order chi connectivity index (χ1) is 12.6. The van der Waals surface area contributed by atoms with E-state index in [-0.39, 0.29) is 17.9 Å². The van der Waals surface area contributed by atoms with Gasteiger partial charge in [0.25, 0.3) is 5.91 Å². The van der Waals surface area contributed by atoms with Crippen molar-refractivity contribution in [2.24, 2.45) is 0 Å². The molecule has 0 saturated carbocycles. The molecule has 2 aromatic rings. The monoisotopic (exact) mass is 443 g/mol. The molecule has 2 aromatic carbocycles. The Labute approximate surface area is 160 Å². The average Bonchev–Trinajstić information content (AvgIpc) is 2.56. The Balaban J connectivity index is 2.08. The quantitative estimate of drug-likeness (QED) is 0.649. The molecule has 0 fully saturated rings. The highest BCUT2D eigenvalue weighted by Gasteiger charge is 2.31. The zero-order chi connectivity index (χ0) is 20.0. The van der Waals surface area contributed by atoms with Crippen LogP contribution in [0.4, 0.5) is 13.2 Å². The Kier molecular flexibility index (Phi) is 6.62. The number of benzene rings is 2. The Morgan fingerprint density at radius 2 is 1.93 bits per heavy atom. The lowest BCUT2D eigenvalue weighted by molar-refractivity contribution is -0.274. The van der Waals surface area contributed by atoms with Crippen LogP contribution in [0, 0.1) is 0 Å². The summed E-state index contributed by atoms with van der Waals surface area (Å²) in [6, 6.07) is 9.93. The van der Waals surface area contributed by atoms with Gasteiger partial charge in [-0.25, -0.2) is 4.79 Å². The molecule has 0 saturated heterocycles. The van der Waals surface area contributed by atoms with Crippen LogP contribution in [0.3, 0.4) is 0 Å². The molecule has 0 atom stereocenters. The SMILES string of the molecule is O=C(O)/C=C/c1cc(Br)cc(C(=O)NCc2cccc(OC(F)(F)F)c2)c1. The maximum atomic E-state index is 12.3. The molecule has 2 N–H and O–H groups in total. The van der Waals surface area contributed by atoms with Crippen LogP contribution in [0.15, 0.2) is 53.0 Å². The molecule has 142 valence electrons. The normalized spacial score (nSPS) is 11.4. The third-order valence-electron chi connectivity index (χ3n) is 3.19. The van der Waals surface area contributed by atoms with Crippen LogP contribution in [-0.4, -0.2) is 23.3 Å². The van der Waals surface area contributed by atoms with Crippen molar-refractivity contribution in [1.29, 1.82) is 0 Å². The third-order valence-corrected chi connectivity index (χ3v) is 3.64. The molecule has 0 spiro atoms. The van der Waals surface area contributed by atoms with Crippen molar-refractivity contribution < 1.29 is 32.6 Å². The van der Waals surface area contributed by atoms with Crippen molar-refractivity contribution >= 4 is 33.9 Å². The fourth-order valence-corrected chi connectivity index (χ4v) is 2.66. The molecule has 0 aliphatic heterocycles. The van der Waals surface area contributed by atoms with E-state index in [2.05, 4.69) is 26.0 Å². The number of halogens is 4. The van der Waals surface area contributed by atoms with Gasteiger partial charge in [0.1, 0.15) is 5.75 Å². The number of ether oxygens (including phenoxy) is 1. The molecule has 0 aromatic heterocycles. The van der Waals surface area contributed by atoms with Gasteiger partial charge in [0, 0.05) is 22.7 Å². The number of carbonyl (C=O) groups is 2. The molecule has 0 unspecified atom stereocenters. The van der Waals surface area contributed by atoms with E-state index in [1.165, 1.54) is 30.3 Å². The van der Waals surface area contributed by atoms with E-state index < -0.39 is 18.2 Å². The van der Waals surface area contributed by atoms with Gasteiger partial charge in [-0.05, 0) is 47.5 Å². The smallest absolute Gasteiger partial charge is 0.478 e. The lowest BCUT2D eigenvalue weighted by atomic mass is 10.1. The van der Waals surface area contributed by atoms with E-state index in [1.807, 2.05) is 0 Å². The second kappa shape index (κ2) is 8.72. The van der Waals surface area contributed by atoms with Crippen LogP contribution in [0.1, 0.15) is 21.5 Å². The fourth-order valence-electron chi connectivity index (χ4n) is 2.14. The summed E-state index contributed by atoms with van der Waals surface area (Å²) < 4.78 is 41.2. The highest BCUT2D eigenvalue weighted by molar-refractivity contribution is 9.10. The molecular weight excluding hydrogens is 431 g/mol. The number of hydrogen-bond acceptors (Lipinski definition) is 3. The van der Waals surface area contributed by atoms with Crippen LogP contribution in [-0.2, 0) is 11.3 Å². The Morgan fingerprint density at radius 3 is 2.59 bits per heavy atom. The van der Waals surface area contributed by atoms with Crippen molar-refractivity contribution in [3.8, 4) is 5.75 Å². The molecule has 5 nitrogen and oxygen atoms in total. The topological polar surface area (TPSA) is 75.6 Å². The van der Waals surface area contributed by atoms with Crippen LogP contribution in [0.2, 0.25) is 0 Å². The minimum atomic E-state index is -4.79. The number of carbonyl (C=O) groups excluding carboxylic acids is 1. The van der Waals surface area contributed by atoms with E-state index in [0.717, 1.165) is 12.1 Å². The van der Waals surface area contributed by atoms with Crippen molar-refractivity contribution in [3.05, 3.63) is 69.7 Å². The van der Waals surface area contributed by atoms with Gasteiger partial charge >= 0.3 is 12.3 Å². The lowest BCUT2D eigenvalue weighted by Crippen LogP contribution is -2.23. The molecule has 0 heterocycles. The average molecular weight is 444 g/mol. The minimum Gasteiger partial charge on any atom is -0.478 e. The Bertz CT molecular complexity index is 881. The van der Waals surface area contributed by atoms with Crippen molar-refractivity contribution in [2.45, 2.75) is 12.9 Å². The second-order valence-electron chi connectivity index (χ2n) is 5.32. The van der Waals surface area contributed by atoms with Gasteiger partial charge in [-0.3, -0.25) is 4.79 Å². The number of hydrogen-bond donors (Lipinski definition) is 2. The van der Waals surface area contributed by atoms with Gasteiger partial charge in [-0.15, -0.1) is 13.2 Å². The summed E-state index contributed by atoms with van der Waals surface area (Å²) in [5.74, 6) is -1.97. The number of carboxylic acid groups (broad SMARTS) is 1. The molecule has 0 radical (unpaired) electrons. The maximum Gasteiger partial charge on any atom is 0.573 e. The first-order valence-electron chi connectivity index (χ1n) is 7.47. The summed E-state index contributed by atoms with van der Waals surface area (Å²) in [6.07, 6.45) is -2.52. The highest BCUT2D eigenvalue weighted by Crippen LogP contribution is 2.23. The molecule has 2 rings (SSSR count). The molecule has 0 aliphatic rings. The number of rotatable bonds is 6. The predicted molar refractivity (Wildman–Crippen MR) is 95.1 cm³/mol. The largest absolute Gasteiger partial charge is 0.573 e. The van der Waals surface area contributed by atoms with E-state index in [4.69, 9.17) is 5.11 Å². The van der Waals surface area contributed by atoms with E-state index in [1.54, 1.807) is 12.1 Å². The standard InChI is InChI=1S/C18H13BrF3NO4/c19-14-7-11(4-5-16(24)25)6-13(9-14)17(26)23-10-12-2-1-3-15(8-12)27-18(20,21)22/h1-9H,10H2,(H,23,26)(H,24,25)/b5-4+. The number of aliphatic carboxylic acids is 1. The minimum absolute atomic E-state index is 0.0132. The summed E-state index contributed by atoms with van der Waals surface area (Å²) in [7, 11) is 0. The molecule has 27 heavy (non-hydrogen) atoms. The number of nitrogens with one attached hydrogen (secondary N) is 1. The van der Waals surface area contributed by atoms with Crippen LogP contribution in [0.5, 0.6) is 5.75 Å². The number of alkyl halides is 3. The molecule has 1 amide bonds. The van der Waals surface area contributed by atoms with Gasteiger partial charge in [-0.1, -0.05) is 28.1 Å². The number of amides is 1. The number of carboxylic acids is 1. The van der Waals surface area contributed by atoms with E-state index in [9.17, 15) is 22.8 Å². The van der Waals surface area contributed by atoms with Crippen molar-refractivity contribution in [2.75, 3.05) is 0 Å². The third kappa shape index (κ3) is 7.14. The predicted octanol–water partition coefficient (Wildman–Crippen LogP) is 4.38. The zero-order valence-corrected chi connectivity index (χ0v) is 15.2. The molecule has 0 bridgehead atoms. The van der Waals surface area contributed by atoms with Gasteiger partial charge < -0.3 is 15.2 Å². The molecule has 9 heteroatoms. The van der Waals surface area contributed by atoms with Crippen LogP contribution < -0.4 is 10.1 Å². The van der Waals surface area contributed by atoms with E-state index in [0.29, 0.717) is 15.6 Å². The molecule has 0 aliphatic carbocycles. The van der Waals surface area contributed by atoms with E-state index >= 15 is 0 Å². The second-order valence-corrected chi connectivity index (χ2v) is 6.24. The lowest BCUT2D eigenvalue weighted by Gasteiger charge is -2.11. The van der Waals surface area contributed by atoms with Gasteiger partial charge in [0.2, 0.25) is 0 Å². The first kappa shape index (κ1) is 20.5. The summed E-state index contributed by atoms with van der Waals surface area (Å²) in [4.78, 5) is 22.9. The van der Waals surface area contributed by atoms with Crippen molar-refractivity contribution in [3.63, 3.8) is 0 Å². The van der Waals surface area contributed by atoms with Crippen LogP contribution in [0.25, 0.3) is 6.08 Å². The Morgan fingerprint density at radius 1 is 1.19 bits per heavy atom. The zero-order valence-electron chi connectivity index (χ0n) is 13.6. The van der Waals surface area contributed by atoms with Crippen LogP contribution >= 0.6 is 15.9 Å². The molecular formula is C18H13BrF3NO4. The summed E-state index contributed by atoms with van der Waals surface area (Å²) in [6.45, 7) is -0.0132. The van der Waals surface area contributed by atoms with Crippen molar-refractivity contribution in [1.82, 2.24) is 5.32 Å². The van der Waals surface area contributed by atoms with Gasteiger partial charge in [0.05, 0.1) is 0 Å². The maximum absolute atomic E-state index is 12.3. The highest BCUT2D eigenvalue weighted by atomic mass is 79.9. The van der Waals surface area contributed by atoms with Gasteiger partial charge in [-0.2, -0.15) is 0 Å². The Hall–Kier alpha value is -2.81. The van der Waals surface area contributed by atoms with Gasteiger partial charge in [0.15, 0.2) is 0 Å². The first-order valence-corrected chi connectivity index (χ1v) is 8.26. The summed E-state index contributed by atoms with van der Waals surface area (Å²) in [5.41, 5.74) is 1.18.